The number of ether oxygens (including phenoxy) is 1. The summed E-state index contributed by atoms with van der Waals surface area (Å²) >= 11 is 0. The molecule has 0 saturated carbocycles. The molecule has 9 heteroatoms. The third-order valence-corrected chi connectivity index (χ3v) is 3.20. The van der Waals surface area contributed by atoms with Gasteiger partial charge in [0.05, 0.1) is 21.2 Å². The molecule has 0 bridgehead atoms. The fourth-order valence-electron chi connectivity index (χ4n) is 1.99. The zero-order valence-corrected chi connectivity index (χ0v) is 12.0. The molecule has 0 aliphatic carbocycles. The Hall–Kier alpha value is -2.32. The lowest BCUT2D eigenvalue weighted by molar-refractivity contribution is -0.652. The number of hydrogen-bond donors (Lipinski definition) is 0. The largest absolute Gasteiger partial charge is 0.465 e. The van der Waals surface area contributed by atoms with Gasteiger partial charge < -0.3 is 4.74 Å². The summed E-state index contributed by atoms with van der Waals surface area (Å²) in [6.07, 6.45) is 3.19. The summed E-state index contributed by atoms with van der Waals surface area (Å²) in [5, 5.41) is 0. The first kappa shape index (κ1) is 16.1. The van der Waals surface area contributed by atoms with Crippen LogP contribution in [-0.4, -0.2) is 24.9 Å². The molecule has 2 radical (unpaired) electrons. The SMILES string of the molecule is COC(=O)c1c(F)c(F)c([B-]c2n(C)cc[n+]2C)c(F)c1F. The molecule has 0 unspecified atom stereocenters. The summed E-state index contributed by atoms with van der Waals surface area (Å²) in [6.45, 7) is 0. The number of nitrogens with zero attached hydrogens (tertiary/aromatic N) is 2. The smallest absolute Gasteiger partial charge is 0.344 e. The molecule has 1 aromatic heterocycles. The lowest BCUT2D eigenvalue weighted by atomic mass is 9.68. The van der Waals surface area contributed by atoms with E-state index >= 15 is 0 Å². The molecule has 2 aromatic rings. The summed E-state index contributed by atoms with van der Waals surface area (Å²) in [7, 11) is 4.98. The van der Waals surface area contributed by atoms with Crippen LogP contribution >= 0.6 is 0 Å². The number of rotatable bonds is 3. The summed E-state index contributed by atoms with van der Waals surface area (Å²) in [5.41, 5.74) is -2.02. The third kappa shape index (κ3) is 2.47. The highest BCUT2D eigenvalue weighted by atomic mass is 19.2. The second-order valence-electron chi connectivity index (χ2n) is 4.56. The zero-order chi connectivity index (χ0) is 16.6. The van der Waals surface area contributed by atoms with Gasteiger partial charge in [-0.25, -0.2) is 22.4 Å². The molecular formula is C13H11BF4N2O2. The molecule has 0 atom stereocenters. The second-order valence-corrected chi connectivity index (χ2v) is 4.56. The Labute approximate surface area is 124 Å². The van der Waals surface area contributed by atoms with Gasteiger partial charge in [-0.05, 0) is 0 Å². The van der Waals surface area contributed by atoms with E-state index in [-0.39, 0.29) is 0 Å². The summed E-state index contributed by atoms with van der Waals surface area (Å²) in [4.78, 5) is 11.2. The lowest BCUT2D eigenvalue weighted by Gasteiger charge is -2.19. The Morgan fingerprint density at radius 1 is 1.18 bits per heavy atom. The van der Waals surface area contributed by atoms with Crippen molar-refractivity contribution >= 4 is 24.4 Å². The number of methoxy groups -OCH3 is 1. The van der Waals surface area contributed by atoms with E-state index < -0.39 is 40.3 Å². The Morgan fingerprint density at radius 2 is 1.73 bits per heavy atom. The van der Waals surface area contributed by atoms with Gasteiger partial charge in [0.25, 0.3) is 0 Å². The molecule has 0 fully saturated rings. The lowest BCUT2D eigenvalue weighted by Crippen LogP contribution is -2.54. The number of imidazole rings is 1. The van der Waals surface area contributed by atoms with Crippen LogP contribution in [0.25, 0.3) is 0 Å². The molecule has 0 saturated heterocycles. The normalized spacial score (nSPS) is 10.9. The van der Waals surface area contributed by atoms with E-state index in [0.29, 0.717) is 5.72 Å². The number of carbonyl (C=O) groups excluding carboxylic acids is 1. The van der Waals surface area contributed by atoms with Crippen molar-refractivity contribution in [1.82, 2.24) is 4.57 Å². The van der Waals surface area contributed by atoms with Gasteiger partial charge in [-0.15, -0.1) is 7.28 Å². The summed E-state index contributed by atoms with van der Waals surface area (Å²) in [6, 6.07) is 0. The van der Waals surface area contributed by atoms with Crippen LogP contribution in [0.2, 0.25) is 0 Å². The van der Waals surface area contributed by atoms with E-state index in [9.17, 15) is 22.4 Å². The Morgan fingerprint density at radius 3 is 2.14 bits per heavy atom. The second kappa shape index (κ2) is 5.82. The molecule has 0 amide bonds. The van der Waals surface area contributed by atoms with E-state index in [2.05, 4.69) is 4.74 Å². The van der Waals surface area contributed by atoms with E-state index in [1.54, 1.807) is 26.5 Å². The molecule has 2 rings (SSSR count). The molecule has 0 spiro atoms. The van der Waals surface area contributed by atoms with Gasteiger partial charge >= 0.3 is 5.97 Å². The maximum Gasteiger partial charge on any atom is 0.344 e. The van der Waals surface area contributed by atoms with Crippen molar-refractivity contribution in [3.05, 3.63) is 41.2 Å². The van der Waals surface area contributed by atoms with Crippen LogP contribution in [0.1, 0.15) is 10.4 Å². The fraction of sp³-hybridized carbons (Fsp3) is 0.231. The maximum absolute atomic E-state index is 14.0. The molecule has 22 heavy (non-hydrogen) atoms. The minimum Gasteiger partial charge on any atom is -0.465 e. The monoisotopic (exact) mass is 314 g/mol. The van der Waals surface area contributed by atoms with E-state index in [1.807, 2.05) is 0 Å². The van der Waals surface area contributed by atoms with Crippen LogP contribution < -0.4 is 15.8 Å². The number of hydrogen-bond acceptors (Lipinski definition) is 2. The quantitative estimate of drug-likeness (QED) is 0.260. The highest BCUT2D eigenvalue weighted by Gasteiger charge is 2.26. The van der Waals surface area contributed by atoms with Crippen LogP contribution in [0.15, 0.2) is 12.4 Å². The van der Waals surface area contributed by atoms with Gasteiger partial charge in [0, 0.05) is 5.72 Å². The summed E-state index contributed by atoms with van der Waals surface area (Å²) in [5.74, 6) is -8.42. The average molecular weight is 314 g/mol. The number of carbonyl (C=O) groups is 1. The fourth-order valence-corrected chi connectivity index (χ4v) is 1.99. The molecular weight excluding hydrogens is 303 g/mol. The van der Waals surface area contributed by atoms with Crippen molar-refractivity contribution in [2.45, 2.75) is 0 Å². The van der Waals surface area contributed by atoms with Gasteiger partial charge in [-0.2, -0.15) is 5.46 Å². The zero-order valence-electron chi connectivity index (χ0n) is 12.0. The number of esters is 1. The third-order valence-electron chi connectivity index (χ3n) is 3.20. The van der Waals surface area contributed by atoms with Crippen molar-refractivity contribution < 1.29 is 31.7 Å². The number of aryl methyl sites for hydroxylation is 2. The van der Waals surface area contributed by atoms with Crippen molar-refractivity contribution in [2.75, 3.05) is 7.11 Å². The first-order valence-corrected chi connectivity index (χ1v) is 6.09. The van der Waals surface area contributed by atoms with Crippen molar-refractivity contribution in [2.24, 2.45) is 14.1 Å². The van der Waals surface area contributed by atoms with E-state index in [4.69, 9.17) is 0 Å². The van der Waals surface area contributed by atoms with Gasteiger partial charge in [0.1, 0.15) is 29.6 Å². The highest BCUT2D eigenvalue weighted by Crippen LogP contribution is 2.18. The van der Waals surface area contributed by atoms with Crippen LogP contribution in [0.3, 0.4) is 0 Å². The first-order chi connectivity index (χ1) is 10.3. The van der Waals surface area contributed by atoms with Crippen LogP contribution in [-0.2, 0) is 18.8 Å². The molecule has 1 heterocycles. The molecule has 4 nitrogen and oxygen atoms in total. The van der Waals surface area contributed by atoms with Crippen molar-refractivity contribution in [1.29, 1.82) is 0 Å². The number of benzene rings is 1. The number of aromatic nitrogens is 2. The van der Waals surface area contributed by atoms with E-state index in [0.717, 1.165) is 14.4 Å². The van der Waals surface area contributed by atoms with Crippen LogP contribution in [0.5, 0.6) is 0 Å². The molecule has 116 valence electrons. The number of halogens is 4. The Bertz CT molecular complexity index is 712. The van der Waals surface area contributed by atoms with Gasteiger partial charge in [-0.3, -0.25) is 9.13 Å². The predicted octanol–water partition coefficient (Wildman–Crippen LogP) is -0.152. The summed E-state index contributed by atoms with van der Waals surface area (Å²) < 4.78 is 62.9. The average Bonchev–Trinajstić information content (AvgIpc) is 2.80. The first-order valence-electron chi connectivity index (χ1n) is 6.09. The van der Waals surface area contributed by atoms with Crippen LogP contribution in [0, 0.1) is 23.3 Å². The Kier molecular flexibility index (Phi) is 4.25. The van der Waals surface area contributed by atoms with Crippen molar-refractivity contribution in [3.63, 3.8) is 0 Å². The standard InChI is InChI=1S/C13H11BF4N2O2/c1-19-4-5-20(2)13(19)14-7-10(17)8(15)6(12(21)22-3)9(16)11(7)18/h4-5H,1-3H3. The molecule has 0 aliphatic heterocycles. The highest BCUT2D eigenvalue weighted by molar-refractivity contribution is 6.65. The van der Waals surface area contributed by atoms with Gasteiger partial charge in [-0.1, -0.05) is 0 Å². The Balaban J connectivity index is 2.62. The van der Waals surface area contributed by atoms with Crippen molar-refractivity contribution in [3.8, 4) is 0 Å². The molecule has 0 N–H and O–H groups in total. The molecule has 0 aliphatic rings. The topological polar surface area (TPSA) is 35.1 Å². The van der Waals surface area contributed by atoms with Crippen LogP contribution in [0.4, 0.5) is 17.6 Å². The minimum absolute atomic E-state index is 0.294. The van der Waals surface area contributed by atoms with E-state index in [1.165, 1.54) is 9.13 Å². The van der Waals surface area contributed by atoms with Gasteiger partial charge in [0.15, 0.2) is 11.6 Å². The van der Waals surface area contributed by atoms with Gasteiger partial charge in [0.2, 0.25) is 0 Å². The predicted molar refractivity (Wildman–Crippen MR) is 69.2 cm³/mol. The minimum atomic E-state index is -1.80. The maximum atomic E-state index is 14.0. The molecule has 1 aromatic carbocycles.